The number of carbonyl (C=O) groups is 2. The Morgan fingerprint density at radius 1 is 1.23 bits per heavy atom. The molecule has 1 fully saturated rings. The van der Waals surface area contributed by atoms with Crippen molar-refractivity contribution < 1.29 is 19.8 Å². The van der Waals surface area contributed by atoms with E-state index in [-0.39, 0.29) is 35.1 Å². The first-order valence-corrected chi connectivity index (χ1v) is 11.2. The number of aromatic hydroxyl groups is 2. The van der Waals surface area contributed by atoms with Gasteiger partial charge in [0.05, 0.1) is 5.41 Å². The summed E-state index contributed by atoms with van der Waals surface area (Å²) in [5.41, 5.74) is 3.63. The summed E-state index contributed by atoms with van der Waals surface area (Å²) >= 11 is 0. The van der Waals surface area contributed by atoms with Crippen molar-refractivity contribution in [3.05, 3.63) is 47.1 Å². The van der Waals surface area contributed by atoms with E-state index < -0.39 is 5.41 Å². The zero-order valence-electron chi connectivity index (χ0n) is 19.5. The molecule has 0 radical (unpaired) electrons. The van der Waals surface area contributed by atoms with Crippen molar-refractivity contribution >= 4 is 11.8 Å². The van der Waals surface area contributed by atoms with Crippen molar-refractivity contribution in [2.24, 2.45) is 11.3 Å². The first-order chi connectivity index (χ1) is 14.5. The molecule has 5 nitrogen and oxygen atoms in total. The Hall–Kier alpha value is -2.56. The van der Waals surface area contributed by atoms with Gasteiger partial charge in [0, 0.05) is 17.9 Å². The van der Waals surface area contributed by atoms with Crippen LogP contribution >= 0.6 is 0 Å². The number of hydrogen-bond donors (Lipinski definition) is 3. The van der Waals surface area contributed by atoms with Crippen molar-refractivity contribution in [2.45, 2.75) is 79.1 Å². The molecule has 2 aliphatic rings. The van der Waals surface area contributed by atoms with Gasteiger partial charge in [-0.15, -0.1) is 0 Å². The number of hydrogen-bond acceptors (Lipinski definition) is 4. The van der Waals surface area contributed by atoms with Gasteiger partial charge in [-0.1, -0.05) is 51.0 Å². The molecule has 0 spiro atoms. The van der Waals surface area contributed by atoms with Crippen LogP contribution in [0.25, 0.3) is 0 Å². The molecular formula is C26H37NO4. The number of benzene rings is 1. The molecule has 1 unspecified atom stereocenters. The monoisotopic (exact) mass is 427 g/mol. The molecule has 170 valence electrons. The van der Waals surface area contributed by atoms with E-state index in [0.29, 0.717) is 12.0 Å². The maximum Gasteiger partial charge on any atom is 0.232 e. The predicted molar refractivity (Wildman–Crippen MR) is 124 cm³/mol. The fraction of sp³-hybridized carbons (Fsp3) is 0.538. The van der Waals surface area contributed by atoms with Crippen LogP contribution in [0.15, 0.2) is 35.9 Å². The minimum Gasteiger partial charge on any atom is -0.507 e. The van der Waals surface area contributed by atoms with Crippen LogP contribution in [-0.4, -0.2) is 22.0 Å². The highest BCUT2D eigenvalue weighted by Gasteiger charge is 2.40. The molecule has 5 heteroatoms. The van der Waals surface area contributed by atoms with Gasteiger partial charge in [0.25, 0.3) is 0 Å². The van der Waals surface area contributed by atoms with Gasteiger partial charge in [-0.25, -0.2) is 0 Å². The van der Waals surface area contributed by atoms with Crippen LogP contribution < -0.4 is 5.32 Å². The highest BCUT2D eigenvalue weighted by Crippen LogP contribution is 2.46. The van der Waals surface area contributed by atoms with Gasteiger partial charge in [-0.2, -0.15) is 0 Å². The first kappa shape index (κ1) is 24.7. The number of rotatable bonds is 5. The lowest BCUT2D eigenvalue weighted by Crippen LogP contribution is -2.28. The van der Waals surface area contributed by atoms with Crippen molar-refractivity contribution in [3.8, 4) is 11.5 Å². The number of amides is 2. The molecule has 3 rings (SSSR count). The van der Waals surface area contributed by atoms with Crippen molar-refractivity contribution in [1.29, 1.82) is 0 Å². The number of nitrogens with one attached hydrogen (secondary N) is 1. The Kier molecular flexibility index (Phi) is 8.10. The Bertz CT molecular complexity index is 862. The molecule has 1 aromatic rings. The van der Waals surface area contributed by atoms with E-state index in [1.807, 2.05) is 20.8 Å². The van der Waals surface area contributed by atoms with Crippen LogP contribution in [-0.2, 0) is 16.0 Å². The maximum atomic E-state index is 11.0. The Morgan fingerprint density at radius 3 is 2.26 bits per heavy atom. The Morgan fingerprint density at radius 2 is 1.84 bits per heavy atom. The number of phenolic OH excluding ortho intramolecular Hbond substituents is 2. The summed E-state index contributed by atoms with van der Waals surface area (Å²) in [5, 5.41) is 23.1. The molecule has 31 heavy (non-hydrogen) atoms. The van der Waals surface area contributed by atoms with E-state index >= 15 is 0 Å². The minimum atomic E-state index is -0.433. The maximum absolute atomic E-state index is 11.0. The molecule has 0 aromatic heterocycles. The number of carbonyl (C=O) groups excluding carboxylic acids is 2. The van der Waals surface area contributed by atoms with E-state index in [4.69, 9.17) is 0 Å². The molecule has 0 bridgehead atoms. The van der Waals surface area contributed by atoms with E-state index in [1.54, 1.807) is 12.1 Å². The van der Waals surface area contributed by atoms with E-state index in [9.17, 15) is 19.8 Å². The predicted octanol–water partition coefficient (Wildman–Crippen LogP) is 5.52. The summed E-state index contributed by atoms with van der Waals surface area (Å²) < 4.78 is 0. The topological polar surface area (TPSA) is 86.6 Å². The second-order valence-electron chi connectivity index (χ2n) is 9.30. The van der Waals surface area contributed by atoms with Gasteiger partial charge in [-0.05, 0) is 63.1 Å². The third-order valence-corrected chi connectivity index (χ3v) is 6.58. The molecule has 1 aromatic carbocycles. The van der Waals surface area contributed by atoms with Crippen molar-refractivity contribution in [3.63, 3.8) is 0 Å². The van der Waals surface area contributed by atoms with Crippen LogP contribution in [0.4, 0.5) is 0 Å². The van der Waals surface area contributed by atoms with Gasteiger partial charge >= 0.3 is 0 Å². The third-order valence-electron chi connectivity index (χ3n) is 6.58. The lowest BCUT2D eigenvalue weighted by atomic mass is 9.73. The lowest BCUT2D eigenvalue weighted by molar-refractivity contribution is -0.128. The van der Waals surface area contributed by atoms with Gasteiger partial charge in [0.1, 0.15) is 11.5 Å². The Labute approximate surface area is 186 Å². The molecule has 3 atom stereocenters. The average molecular weight is 428 g/mol. The lowest BCUT2D eigenvalue weighted by Gasteiger charge is -2.31. The summed E-state index contributed by atoms with van der Waals surface area (Å²) in [6, 6.07) is 3.59. The zero-order chi connectivity index (χ0) is 23.3. The van der Waals surface area contributed by atoms with Crippen LogP contribution in [0.2, 0.25) is 0 Å². The summed E-state index contributed by atoms with van der Waals surface area (Å²) in [5.74, 6) is 0.449. The van der Waals surface area contributed by atoms with Gasteiger partial charge in [-0.3, -0.25) is 14.9 Å². The third kappa shape index (κ3) is 5.78. The average Bonchev–Trinajstić information content (AvgIpc) is 2.94. The summed E-state index contributed by atoms with van der Waals surface area (Å²) in [6.07, 6.45) is 7.20. The van der Waals surface area contributed by atoms with Crippen molar-refractivity contribution in [2.75, 3.05) is 0 Å². The fourth-order valence-corrected chi connectivity index (χ4v) is 4.40. The second-order valence-corrected chi connectivity index (χ2v) is 9.30. The molecule has 1 saturated heterocycles. The zero-order valence-corrected chi connectivity index (χ0v) is 19.5. The normalized spacial score (nSPS) is 25.4. The van der Waals surface area contributed by atoms with E-state index in [0.717, 1.165) is 43.2 Å². The van der Waals surface area contributed by atoms with Gasteiger partial charge in [0.15, 0.2) is 0 Å². The minimum absolute atomic E-state index is 0.0203. The number of phenols is 2. The van der Waals surface area contributed by atoms with E-state index in [2.05, 4.69) is 31.8 Å². The summed E-state index contributed by atoms with van der Waals surface area (Å²) in [6.45, 7) is 14.1. The molecule has 3 N–H and O–H groups in total. The van der Waals surface area contributed by atoms with Gasteiger partial charge < -0.3 is 10.2 Å². The first-order valence-electron chi connectivity index (χ1n) is 11.2. The van der Waals surface area contributed by atoms with Crippen LogP contribution in [0.1, 0.15) is 83.8 Å². The highest BCUT2D eigenvalue weighted by molar-refractivity contribution is 6.05. The second kappa shape index (κ2) is 10.2. The quantitative estimate of drug-likeness (QED) is 0.427. The number of imide groups is 1. The SMILES string of the molecule is C=C(C)[C@@H]1CCC(C)=C[C@H]1c1c(O)cc(CCC)cc1O.CCC1(C)CC(=O)NC1=O. The van der Waals surface area contributed by atoms with E-state index in [1.165, 1.54) is 5.57 Å². The van der Waals surface area contributed by atoms with Crippen LogP contribution in [0, 0.1) is 11.3 Å². The van der Waals surface area contributed by atoms with Crippen LogP contribution in [0.3, 0.4) is 0 Å². The molecule has 1 aliphatic carbocycles. The number of aryl methyl sites for hydroxylation is 1. The van der Waals surface area contributed by atoms with Crippen molar-refractivity contribution in [1.82, 2.24) is 5.32 Å². The fourth-order valence-electron chi connectivity index (χ4n) is 4.40. The molecule has 2 amide bonds. The molecular weight excluding hydrogens is 390 g/mol. The largest absolute Gasteiger partial charge is 0.507 e. The Balaban J connectivity index is 0.000000285. The molecule has 1 heterocycles. The summed E-state index contributed by atoms with van der Waals surface area (Å²) in [4.78, 5) is 21.7. The smallest absolute Gasteiger partial charge is 0.232 e. The molecule has 1 aliphatic heterocycles. The molecule has 0 saturated carbocycles. The standard InChI is InChI=1S/C19H26O2.C7H11NO2/c1-5-6-14-10-17(20)19(18(21)11-14)16-9-13(4)7-8-15(16)12(2)3;1-3-7(2)4-5(9)8-6(7)10/h9-11,15-16,20-21H,2,5-8H2,1,3-4H3;3-4H2,1-2H3,(H,8,9,10)/t15-,16+;/m0./s1. The van der Waals surface area contributed by atoms with Gasteiger partial charge in [0.2, 0.25) is 11.8 Å². The highest BCUT2D eigenvalue weighted by atomic mass is 16.3. The summed E-state index contributed by atoms with van der Waals surface area (Å²) in [7, 11) is 0. The van der Waals surface area contributed by atoms with Crippen LogP contribution in [0.5, 0.6) is 11.5 Å². The number of allylic oxidation sites excluding steroid dienone is 3.